The summed E-state index contributed by atoms with van der Waals surface area (Å²) in [6.07, 6.45) is -5.94. The van der Waals surface area contributed by atoms with Crippen LogP contribution in [0.3, 0.4) is 0 Å². The van der Waals surface area contributed by atoms with Crippen LogP contribution in [0.1, 0.15) is 0 Å². The minimum Gasteiger partial charge on any atom is -0.493 e. The summed E-state index contributed by atoms with van der Waals surface area (Å²) in [6.45, 7) is -0.599. The second kappa shape index (κ2) is 9.48. The van der Waals surface area contributed by atoms with Crippen molar-refractivity contribution in [1.82, 2.24) is 0 Å². The predicted octanol–water partition coefficient (Wildman–Crippen LogP) is 0.385. The molecule has 2 aromatic carbocycles. The summed E-state index contributed by atoms with van der Waals surface area (Å²) in [7, 11) is 2.79. The van der Waals surface area contributed by atoms with Gasteiger partial charge >= 0.3 is 0 Å². The van der Waals surface area contributed by atoms with Crippen molar-refractivity contribution in [3.05, 3.63) is 40.8 Å². The Hall–Kier alpha value is -3.55. The maximum atomic E-state index is 13.5. The number of aliphatic hydroxyl groups is 4. The molecule has 0 amide bonds. The Morgan fingerprint density at radius 1 is 1.00 bits per heavy atom. The summed E-state index contributed by atoms with van der Waals surface area (Å²) in [5, 5.41) is 39.8. The first-order valence-electron chi connectivity index (χ1n) is 11.0. The van der Waals surface area contributed by atoms with Gasteiger partial charge in [0.25, 0.3) is 0 Å². The maximum absolute atomic E-state index is 13.5. The second-order valence-corrected chi connectivity index (χ2v) is 8.18. The highest BCUT2D eigenvalue weighted by molar-refractivity contribution is 5.92. The summed E-state index contributed by atoms with van der Waals surface area (Å²) >= 11 is 0. The first-order chi connectivity index (χ1) is 17.4. The number of hydrogen-bond acceptors (Lipinski definition) is 12. The highest BCUT2D eigenvalue weighted by Crippen LogP contribution is 2.45. The molecular formula is C24H24O12. The van der Waals surface area contributed by atoms with Gasteiger partial charge in [-0.3, -0.25) is 4.79 Å². The summed E-state index contributed by atoms with van der Waals surface area (Å²) in [6, 6.07) is 6.13. The zero-order chi connectivity index (χ0) is 25.6. The van der Waals surface area contributed by atoms with Gasteiger partial charge in [0.15, 0.2) is 23.0 Å². The zero-order valence-corrected chi connectivity index (χ0v) is 19.2. The smallest absolute Gasteiger partial charge is 0.231 e. The third-order valence-corrected chi connectivity index (χ3v) is 6.13. The fourth-order valence-electron chi connectivity index (χ4n) is 4.22. The normalized spacial score (nSPS) is 25.1. The maximum Gasteiger partial charge on any atom is 0.231 e. The Morgan fingerprint density at radius 3 is 2.53 bits per heavy atom. The van der Waals surface area contributed by atoms with Crippen molar-refractivity contribution in [2.24, 2.45) is 0 Å². The van der Waals surface area contributed by atoms with E-state index in [-0.39, 0.29) is 46.0 Å². The van der Waals surface area contributed by atoms with E-state index in [1.54, 1.807) is 12.1 Å². The summed E-state index contributed by atoms with van der Waals surface area (Å²) in [4.78, 5) is 13.5. The van der Waals surface area contributed by atoms with Crippen molar-refractivity contribution in [1.29, 1.82) is 0 Å². The average Bonchev–Trinajstić information content (AvgIpc) is 3.36. The van der Waals surface area contributed by atoms with E-state index < -0.39 is 37.3 Å². The fourth-order valence-corrected chi connectivity index (χ4v) is 4.22. The molecule has 1 saturated heterocycles. The molecule has 2 aliphatic heterocycles. The lowest BCUT2D eigenvalue weighted by Crippen LogP contribution is -2.60. The Kier molecular flexibility index (Phi) is 6.36. The number of ether oxygens (including phenoxy) is 6. The molecule has 0 aliphatic carbocycles. The standard InChI is InChI=1S/C24H24O12/c1-30-13-5-10(3-4-12(13)35-24-21(29)20(28)19(27)16(7-25)36-24)11-8-32-14-6-15-22(34-9-33-15)23(31-2)17(14)18(11)26/h3-6,8,16,19-21,24-25,27-29H,7,9H2,1-2H3/t16-,19-,20+,21-,24-/m1/s1. The van der Waals surface area contributed by atoms with Crippen molar-refractivity contribution in [3.8, 4) is 39.9 Å². The van der Waals surface area contributed by atoms with Gasteiger partial charge in [-0.25, -0.2) is 0 Å². The molecule has 5 atom stereocenters. The van der Waals surface area contributed by atoms with E-state index in [1.165, 1.54) is 32.6 Å². The summed E-state index contributed by atoms with van der Waals surface area (Å²) in [5.74, 6) is 1.23. The molecule has 12 nitrogen and oxygen atoms in total. The van der Waals surface area contributed by atoms with Crippen molar-refractivity contribution in [2.75, 3.05) is 27.6 Å². The quantitative estimate of drug-likeness (QED) is 0.365. The Morgan fingerprint density at radius 2 is 1.81 bits per heavy atom. The number of aliphatic hydroxyl groups excluding tert-OH is 4. The SMILES string of the molecule is COc1cc(-c2coc3cc4c(c(OC)c3c2=O)OCO4)ccc1O[C@@H]1O[C@H](CO)[C@@H](O)[C@H](O)[C@H]1O. The molecule has 0 unspecified atom stereocenters. The molecule has 0 bridgehead atoms. The van der Waals surface area contributed by atoms with Crippen molar-refractivity contribution in [2.45, 2.75) is 30.7 Å². The molecule has 192 valence electrons. The molecule has 5 rings (SSSR count). The minimum absolute atomic E-state index is 0.00380. The lowest BCUT2D eigenvalue weighted by Gasteiger charge is -2.39. The van der Waals surface area contributed by atoms with Crippen LogP contribution in [0.4, 0.5) is 0 Å². The topological polar surface area (TPSA) is 167 Å². The van der Waals surface area contributed by atoms with Crippen LogP contribution in [0.5, 0.6) is 28.7 Å². The van der Waals surface area contributed by atoms with E-state index in [0.29, 0.717) is 17.1 Å². The van der Waals surface area contributed by atoms with E-state index >= 15 is 0 Å². The molecule has 3 heterocycles. The monoisotopic (exact) mass is 504 g/mol. The van der Waals surface area contributed by atoms with Gasteiger partial charge < -0.3 is 53.3 Å². The van der Waals surface area contributed by atoms with Crippen LogP contribution in [0.2, 0.25) is 0 Å². The largest absolute Gasteiger partial charge is 0.493 e. The third kappa shape index (κ3) is 3.88. The Labute approximate surface area is 203 Å². The van der Waals surface area contributed by atoms with Crippen LogP contribution in [0.25, 0.3) is 22.1 Å². The van der Waals surface area contributed by atoms with Gasteiger partial charge in [0.2, 0.25) is 24.3 Å². The molecule has 1 fully saturated rings. The van der Waals surface area contributed by atoms with Crippen molar-refractivity contribution >= 4 is 11.0 Å². The Balaban J connectivity index is 1.51. The van der Waals surface area contributed by atoms with E-state index in [0.717, 1.165) is 0 Å². The summed E-state index contributed by atoms with van der Waals surface area (Å²) in [5.41, 5.74) is 0.524. The van der Waals surface area contributed by atoms with E-state index in [2.05, 4.69) is 0 Å². The molecule has 1 aromatic heterocycles. The van der Waals surface area contributed by atoms with Gasteiger partial charge in [0, 0.05) is 6.07 Å². The zero-order valence-electron chi connectivity index (χ0n) is 19.2. The first kappa shape index (κ1) is 24.2. The predicted molar refractivity (Wildman–Crippen MR) is 122 cm³/mol. The lowest BCUT2D eigenvalue weighted by atomic mass is 9.99. The highest BCUT2D eigenvalue weighted by Gasteiger charge is 2.45. The van der Waals surface area contributed by atoms with Crippen molar-refractivity contribution in [3.63, 3.8) is 0 Å². The number of benzene rings is 2. The van der Waals surface area contributed by atoms with Gasteiger partial charge in [-0.1, -0.05) is 6.07 Å². The molecule has 36 heavy (non-hydrogen) atoms. The number of fused-ring (bicyclic) bond motifs is 2. The minimum atomic E-state index is -1.60. The molecule has 0 saturated carbocycles. The third-order valence-electron chi connectivity index (χ3n) is 6.13. The number of rotatable bonds is 6. The number of hydrogen-bond donors (Lipinski definition) is 4. The van der Waals surface area contributed by atoms with Crippen LogP contribution in [0.15, 0.2) is 39.7 Å². The highest BCUT2D eigenvalue weighted by atomic mass is 16.7. The van der Waals surface area contributed by atoms with Gasteiger partial charge in [-0.05, 0) is 17.7 Å². The molecule has 0 radical (unpaired) electrons. The van der Waals surface area contributed by atoms with Gasteiger partial charge in [0.1, 0.15) is 41.6 Å². The van der Waals surface area contributed by atoms with Gasteiger partial charge in [-0.2, -0.15) is 0 Å². The molecule has 2 aliphatic rings. The van der Waals surface area contributed by atoms with Gasteiger partial charge in [-0.15, -0.1) is 0 Å². The van der Waals surface area contributed by atoms with Gasteiger partial charge in [0.05, 0.1) is 26.4 Å². The van der Waals surface area contributed by atoms with Crippen LogP contribution in [-0.4, -0.2) is 78.8 Å². The Bertz CT molecular complexity index is 1330. The molecule has 0 spiro atoms. The summed E-state index contributed by atoms with van der Waals surface area (Å²) < 4.78 is 38.4. The molecule has 3 aromatic rings. The van der Waals surface area contributed by atoms with E-state index in [9.17, 15) is 25.2 Å². The molecule has 12 heteroatoms. The fraction of sp³-hybridized carbons (Fsp3) is 0.375. The first-order valence-corrected chi connectivity index (χ1v) is 11.0. The second-order valence-electron chi connectivity index (χ2n) is 8.18. The van der Waals surface area contributed by atoms with E-state index in [1.807, 2.05) is 0 Å². The van der Waals surface area contributed by atoms with Crippen LogP contribution < -0.4 is 29.1 Å². The molecular weight excluding hydrogens is 480 g/mol. The van der Waals surface area contributed by atoms with Crippen LogP contribution in [-0.2, 0) is 4.74 Å². The van der Waals surface area contributed by atoms with Crippen molar-refractivity contribution < 1.29 is 53.3 Å². The van der Waals surface area contributed by atoms with Crippen LogP contribution in [0, 0.1) is 0 Å². The number of methoxy groups -OCH3 is 2. The van der Waals surface area contributed by atoms with Crippen LogP contribution >= 0.6 is 0 Å². The average molecular weight is 504 g/mol. The van der Waals surface area contributed by atoms with E-state index in [4.69, 9.17) is 32.8 Å². The lowest BCUT2D eigenvalue weighted by molar-refractivity contribution is -0.277. The molecule has 4 N–H and O–H groups in total.